The highest BCUT2D eigenvalue weighted by Gasteiger charge is 2.27. The van der Waals surface area contributed by atoms with Gasteiger partial charge >= 0.3 is 0 Å². The van der Waals surface area contributed by atoms with Crippen LogP contribution in [0.2, 0.25) is 0 Å². The number of rotatable bonds is 7. The average molecular weight is 346 g/mol. The molecule has 6 heteroatoms. The molecule has 0 radical (unpaired) electrons. The minimum atomic E-state index is -0.103. The van der Waals surface area contributed by atoms with Crippen LogP contribution in [0.15, 0.2) is 18.3 Å². The van der Waals surface area contributed by atoms with Crippen LogP contribution in [0.3, 0.4) is 0 Å². The van der Waals surface area contributed by atoms with Crippen LogP contribution in [-0.2, 0) is 16.1 Å². The van der Waals surface area contributed by atoms with E-state index in [2.05, 4.69) is 22.1 Å². The largest absolute Gasteiger partial charge is 0.360 e. The number of hydrogen-bond acceptors (Lipinski definition) is 4. The van der Waals surface area contributed by atoms with Gasteiger partial charge in [0.15, 0.2) is 0 Å². The lowest BCUT2D eigenvalue weighted by Gasteiger charge is -2.32. The topological polar surface area (TPSA) is 65.5 Å². The predicted octanol–water partition coefficient (Wildman–Crippen LogP) is 2.19. The molecule has 0 saturated carbocycles. The fourth-order valence-electron chi connectivity index (χ4n) is 3.06. The molecule has 2 heterocycles. The molecule has 0 unspecified atom stereocenters. The molecule has 2 rings (SSSR count). The third-order valence-corrected chi connectivity index (χ3v) is 4.75. The van der Waals surface area contributed by atoms with E-state index in [1.807, 2.05) is 31.0 Å². The third-order valence-electron chi connectivity index (χ3n) is 4.75. The van der Waals surface area contributed by atoms with Crippen molar-refractivity contribution in [3.05, 3.63) is 23.9 Å². The zero-order valence-electron chi connectivity index (χ0n) is 15.6. The van der Waals surface area contributed by atoms with Crippen LogP contribution in [0.4, 0.5) is 5.82 Å². The van der Waals surface area contributed by atoms with E-state index in [-0.39, 0.29) is 17.7 Å². The second-order valence-electron chi connectivity index (χ2n) is 6.68. The molecule has 1 aromatic heterocycles. The molecule has 0 spiro atoms. The Morgan fingerprint density at radius 2 is 2.20 bits per heavy atom. The number of nitrogens with zero attached hydrogens (tertiary/aromatic N) is 3. The molecule has 1 aromatic rings. The maximum absolute atomic E-state index is 12.5. The molecule has 1 N–H and O–H groups in total. The van der Waals surface area contributed by atoms with E-state index in [4.69, 9.17) is 0 Å². The van der Waals surface area contributed by atoms with Crippen molar-refractivity contribution in [2.45, 2.75) is 46.1 Å². The van der Waals surface area contributed by atoms with E-state index < -0.39 is 0 Å². The lowest BCUT2D eigenvalue weighted by atomic mass is 9.96. The number of carbonyl (C=O) groups excluding carboxylic acids is 2. The van der Waals surface area contributed by atoms with E-state index in [0.717, 1.165) is 43.7 Å². The van der Waals surface area contributed by atoms with Crippen LogP contribution in [0, 0.1) is 5.92 Å². The minimum Gasteiger partial charge on any atom is -0.360 e. The van der Waals surface area contributed by atoms with Gasteiger partial charge < -0.3 is 15.1 Å². The summed E-state index contributed by atoms with van der Waals surface area (Å²) in [6.45, 7) is 6.78. The van der Waals surface area contributed by atoms with Crippen molar-refractivity contribution in [3.8, 4) is 0 Å². The maximum atomic E-state index is 12.5. The standard InChI is InChI=1S/C19H30N4O2/c1-4-7-18(24)23-11-6-8-16(14-23)19(25)21-13-15-9-10-20-17(12-15)22(3)5-2/h9-10,12,16H,4-8,11,13-14H2,1-3H3,(H,21,25)/t16-/m0/s1. The Kier molecular flexibility index (Phi) is 7.22. The molecule has 2 amide bonds. The van der Waals surface area contributed by atoms with Gasteiger partial charge in [-0.3, -0.25) is 9.59 Å². The normalized spacial score (nSPS) is 17.2. The van der Waals surface area contributed by atoms with Gasteiger partial charge in [-0.1, -0.05) is 6.92 Å². The summed E-state index contributed by atoms with van der Waals surface area (Å²) in [6.07, 6.45) is 4.94. The van der Waals surface area contributed by atoms with Crippen LogP contribution < -0.4 is 10.2 Å². The van der Waals surface area contributed by atoms with Gasteiger partial charge in [0, 0.05) is 45.8 Å². The Labute approximate surface area is 150 Å². The Morgan fingerprint density at radius 1 is 1.40 bits per heavy atom. The molecule has 25 heavy (non-hydrogen) atoms. The summed E-state index contributed by atoms with van der Waals surface area (Å²) in [6, 6.07) is 3.92. The van der Waals surface area contributed by atoms with Gasteiger partial charge in [0.25, 0.3) is 0 Å². The van der Waals surface area contributed by atoms with Crippen molar-refractivity contribution >= 4 is 17.6 Å². The number of aromatic nitrogens is 1. The highest BCUT2D eigenvalue weighted by Crippen LogP contribution is 2.18. The summed E-state index contributed by atoms with van der Waals surface area (Å²) in [5, 5.41) is 3.02. The monoisotopic (exact) mass is 346 g/mol. The van der Waals surface area contributed by atoms with Crippen LogP contribution in [0.25, 0.3) is 0 Å². The summed E-state index contributed by atoms with van der Waals surface area (Å²) < 4.78 is 0. The molecule has 1 fully saturated rings. The number of hydrogen-bond donors (Lipinski definition) is 1. The van der Waals surface area contributed by atoms with Gasteiger partial charge in [0.2, 0.25) is 11.8 Å². The van der Waals surface area contributed by atoms with Crippen LogP contribution in [0.5, 0.6) is 0 Å². The van der Waals surface area contributed by atoms with Crippen molar-refractivity contribution in [3.63, 3.8) is 0 Å². The van der Waals surface area contributed by atoms with Gasteiger partial charge in [0.05, 0.1) is 5.92 Å². The molecule has 0 aliphatic carbocycles. The van der Waals surface area contributed by atoms with E-state index in [9.17, 15) is 9.59 Å². The Bertz CT molecular complexity index is 591. The fourth-order valence-corrected chi connectivity index (χ4v) is 3.06. The average Bonchev–Trinajstić information content (AvgIpc) is 2.66. The number of anilines is 1. The summed E-state index contributed by atoms with van der Waals surface area (Å²) in [5.74, 6) is 1.01. The summed E-state index contributed by atoms with van der Waals surface area (Å²) >= 11 is 0. The van der Waals surface area contributed by atoms with Gasteiger partial charge in [-0.25, -0.2) is 4.98 Å². The smallest absolute Gasteiger partial charge is 0.225 e. The van der Waals surface area contributed by atoms with Crippen molar-refractivity contribution in [2.75, 3.05) is 31.6 Å². The van der Waals surface area contributed by atoms with Crippen molar-refractivity contribution < 1.29 is 9.59 Å². The Hall–Kier alpha value is -2.11. The van der Waals surface area contributed by atoms with Gasteiger partial charge in [-0.15, -0.1) is 0 Å². The molecule has 1 atom stereocenters. The van der Waals surface area contributed by atoms with Crippen LogP contribution in [0.1, 0.15) is 45.1 Å². The van der Waals surface area contributed by atoms with E-state index >= 15 is 0 Å². The summed E-state index contributed by atoms with van der Waals surface area (Å²) in [7, 11) is 1.99. The Morgan fingerprint density at radius 3 is 2.92 bits per heavy atom. The van der Waals surface area contributed by atoms with Crippen molar-refractivity contribution in [2.24, 2.45) is 5.92 Å². The van der Waals surface area contributed by atoms with Crippen molar-refractivity contribution in [1.29, 1.82) is 0 Å². The number of amides is 2. The first-order valence-electron chi connectivity index (χ1n) is 9.26. The predicted molar refractivity (Wildman–Crippen MR) is 99.2 cm³/mol. The highest BCUT2D eigenvalue weighted by molar-refractivity contribution is 5.81. The number of pyridine rings is 1. The number of nitrogens with one attached hydrogen (secondary N) is 1. The lowest BCUT2D eigenvalue weighted by Crippen LogP contribution is -2.45. The molecule has 0 aromatic carbocycles. The van der Waals surface area contributed by atoms with Crippen molar-refractivity contribution in [1.82, 2.24) is 15.2 Å². The third kappa shape index (κ3) is 5.44. The highest BCUT2D eigenvalue weighted by atomic mass is 16.2. The second-order valence-corrected chi connectivity index (χ2v) is 6.68. The molecular formula is C19H30N4O2. The van der Waals surface area contributed by atoms with E-state index in [0.29, 0.717) is 19.5 Å². The molecule has 6 nitrogen and oxygen atoms in total. The quantitative estimate of drug-likeness (QED) is 0.822. The van der Waals surface area contributed by atoms with Gasteiger partial charge in [0.1, 0.15) is 5.82 Å². The zero-order chi connectivity index (χ0) is 18.2. The molecule has 0 bridgehead atoms. The van der Waals surface area contributed by atoms with Crippen LogP contribution in [-0.4, -0.2) is 48.4 Å². The van der Waals surface area contributed by atoms with Crippen LogP contribution >= 0.6 is 0 Å². The minimum absolute atomic E-state index is 0.0382. The van der Waals surface area contributed by atoms with E-state index in [1.165, 1.54) is 0 Å². The zero-order valence-corrected chi connectivity index (χ0v) is 15.6. The molecule has 138 valence electrons. The SMILES string of the molecule is CCCC(=O)N1CCC[C@H](C(=O)NCc2ccnc(N(C)CC)c2)C1. The number of likely N-dealkylation sites (tertiary alicyclic amines) is 1. The molecule has 1 aliphatic rings. The Balaban J connectivity index is 1.88. The number of carbonyl (C=O) groups is 2. The second kappa shape index (κ2) is 9.39. The number of piperidine rings is 1. The first-order valence-corrected chi connectivity index (χ1v) is 9.26. The van der Waals surface area contributed by atoms with Gasteiger partial charge in [-0.2, -0.15) is 0 Å². The lowest BCUT2D eigenvalue weighted by molar-refractivity contribution is -0.135. The molecule has 1 saturated heterocycles. The summed E-state index contributed by atoms with van der Waals surface area (Å²) in [4.78, 5) is 32.8. The fraction of sp³-hybridized carbons (Fsp3) is 0.632. The van der Waals surface area contributed by atoms with Gasteiger partial charge in [-0.05, 0) is 43.9 Å². The molecule has 1 aliphatic heterocycles. The maximum Gasteiger partial charge on any atom is 0.225 e. The van der Waals surface area contributed by atoms with E-state index in [1.54, 1.807) is 6.20 Å². The first-order chi connectivity index (χ1) is 12.0. The molecular weight excluding hydrogens is 316 g/mol. The summed E-state index contributed by atoms with van der Waals surface area (Å²) in [5.41, 5.74) is 1.04. The first kappa shape index (κ1) is 19.2.